The van der Waals surface area contributed by atoms with Crippen LogP contribution in [-0.4, -0.2) is 89.2 Å². The molecular formula is C63H108O12. The first kappa shape index (κ1) is 69.4. The number of ether oxygens (including phenoxy) is 5. The zero-order chi connectivity index (χ0) is 54.7. The van der Waals surface area contributed by atoms with Gasteiger partial charge < -0.3 is 39.0 Å². The molecule has 0 bridgehead atoms. The van der Waals surface area contributed by atoms with Crippen LogP contribution < -0.4 is 0 Å². The maximum atomic E-state index is 13.2. The molecule has 1 aliphatic rings. The van der Waals surface area contributed by atoms with Gasteiger partial charge in [0.2, 0.25) is 0 Å². The molecule has 0 aromatic heterocycles. The quantitative estimate of drug-likeness (QED) is 0.0228. The molecule has 0 amide bonds. The summed E-state index contributed by atoms with van der Waals surface area (Å²) >= 11 is 0. The SMILES string of the molecule is CC/C=C\C/C=C\C/C=C\CCCCCC(=O)OC1C(OCC(COC(=O)CCCCCCCCC/C=C\C/C=C\CCCCC)OC(=O)CCCCCCCCCCCCCCCCC)OC(C(=O)O)C(O)C1O. The Balaban J connectivity index is 2.69. The highest BCUT2D eigenvalue weighted by Crippen LogP contribution is 2.26. The van der Waals surface area contributed by atoms with E-state index in [4.69, 9.17) is 23.7 Å². The summed E-state index contributed by atoms with van der Waals surface area (Å²) in [5.41, 5.74) is 0. The number of hydrogen-bond donors (Lipinski definition) is 3. The molecular weight excluding hydrogens is 949 g/mol. The number of rotatable bonds is 51. The molecule has 12 heteroatoms. The van der Waals surface area contributed by atoms with Gasteiger partial charge in [0, 0.05) is 19.3 Å². The van der Waals surface area contributed by atoms with Crippen molar-refractivity contribution >= 4 is 23.9 Å². The van der Waals surface area contributed by atoms with Crippen LogP contribution in [0.25, 0.3) is 0 Å². The zero-order valence-electron chi connectivity index (χ0n) is 47.5. The van der Waals surface area contributed by atoms with E-state index < -0.39 is 67.3 Å². The molecule has 1 fully saturated rings. The van der Waals surface area contributed by atoms with Crippen LogP contribution in [0.5, 0.6) is 0 Å². The molecule has 0 aromatic rings. The summed E-state index contributed by atoms with van der Waals surface area (Å²) < 4.78 is 28.4. The average Bonchev–Trinajstić information content (AvgIpc) is 3.39. The molecule has 0 aliphatic carbocycles. The molecule has 0 saturated carbocycles. The van der Waals surface area contributed by atoms with Gasteiger partial charge in [-0.15, -0.1) is 0 Å². The standard InChI is InChI=1S/C63H108O12/c1-4-7-10-13-16-19-22-25-27-28-30-32-34-37-40-43-46-49-55(64)71-52-54(73-56(65)50-47-44-41-38-36-33-29-26-23-20-17-14-11-8-5-2)53-72-63-61(59(68)58(67)60(75-63)62(69)70)74-57(66)51-48-45-42-39-35-31-24-21-18-15-12-9-6-3/h9,12,16,18-19,21,25,27,31,35,54,58-61,63,67-68H,4-8,10-11,13-15,17,20,22-24,26,28-30,32-34,36-53H2,1-3H3,(H,69,70)/b12-9-,19-16-,21-18-,27-25-,35-31-. The molecule has 0 aromatic carbocycles. The smallest absolute Gasteiger partial charge is 0.335 e. The Bertz CT molecular complexity index is 1540. The van der Waals surface area contributed by atoms with E-state index >= 15 is 0 Å². The highest BCUT2D eigenvalue weighted by Gasteiger charge is 2.50. The van der Waals surface area contributed by atoms with E-state index in [9.17, 15) is 34.5 Å². The Labute approximate surface area is 456 Å². The van der Waals surface area contributed by atoms with Crippen molar-refractivity contribution in [2.45, 2.75) is 302 Å². The summed E-state index contributed by atoms with van der Waals surface area (Å²) in [5.74, 6) is -3.15. The van der Waals surface area contributed by atoms with Crippen molar-refractivity contribution in [1.82, 2.24) is 0 Å². The van der Waals surface area contributed by atoms with Gasteiger partial charge in [0.05, 0.1) is 6.61 Å². The van der Waals surface area contributed by atoms with E-state index in [1.165, 1.54) is 109 Å². The lowest BCUT2D eigenvalue weighted by molar-refractivity contribution is -0.301. The highest BCUT2D eigenvalue weighted by atomic mass is 16.7. The number of carboxylic acid groups (broad SMARTS) is 1. The Morgan fingerprint density at radius 3 is 1.32 bits per heavy atom. The largest absolute Gasteiger partial charge is 0.479 e. The van der Waals surface area contributed by atoms with E-state index in [0.717, 1.165) is 96.3 Å². The van der Waals surface area contributed by atoms with Gasteiger partial charge in [0.25, 0.3) is 0 Å². The van der Waals surface area contributed by atoms with Crippen LogP contribution in [-0.2, 0) is 42.9 Å². The van der Waals surface area contributed by atoms with Crippen LogP contribution in [0.4, 0.5) is 0 Å². The van der Waals surface area contributed by atoms with Crippen molar-refractivity contribution in [3.8, 4) is 0 Å². The Morgan fingerprint density at radius 1 is 0.453 bits per heavy atom. The van der Waals surface area contributed by atoms with Crippen molar-refractivity contribution in [2.75, 3.05) is 13.2 Å². The van der Waals surface area contributed by atoms with Crippen LogP contribution in [0.2, 0.25) is 0 Å². The first-order valence-electron chi connectivity index (χ1n) is 30.3. The number of esters is 3. The maximum absolute atomic E-state index is 13.2. The minimum atomic E-state index is -1.91. The van der Waals surface area contributed by atoms with Gasteiger partial charge in [-0.2, -0.15) is 0 Å². The van der Waals surface area contributed by atoms with Gasteiger partial charge in [0.1, 0.15) is 18.8 Å². The molecule has 6 atom stereocenters. The minimum Gasteiger partial charge on any atom is -0.479 e. The van der Waals surface area contributed by atoms with Crippen molar-refractivity contribution in [3.63, 3.8) is 0 Å². The fourth-order valence-corrected chi connectivity index (χ4v) is 8.94. The number of unbranched alkanes of at least 4 members (excludes halogenated alkanes) is 27. The second-order valence-corrected chi connectivity index (χ2v) is 20.6. The van der Waals surface area contributed by atoms with E-state index in [2.05, 4.69) is 81.5 Å². The summed E-state index contributed by atoms with van der Waals surface area (Å²) in [5, 5.41) is 31.5. The molecule has 3 N–H and O–H groups in total. The summed E-state index contributed by atoms with van der Waals surface area (Å²) in [6.45, 7) is 5.85. The normalized spacial score (nSPS) is 18.5. The number of allylic oxidation sites excluding steroid dienone is 10. The fourth-order valence-electron chi connectivity index (χ4n) is 8.94. The van der Waals surface area contributed by atoms with Crippen LogP contribution in [0.15, 0.2) is 60.8 Å². The molecule has 1 rings (SSSR count). The lowest BCUT2D eigenvalue weighted by atomic mass is 9.98. The number of carbonyl (C=O) groups excluding carboxylic acids is 3. The van der Waals surface area contributed by atoms with Crippen LogP contribution in [0.3, 0.4) is 0 Å². The molecule has 0 radical (unpaired) electrons. The Hall–Kier alpha value is -3.58. The van der Waals surface area contributed by atoms with E-state index in [1.54, 1.807) is 0 Å². The number of carboxylic acids is 1. The van der Waals surface area contributed by atoms with Gasteiger partial charge in [0.15, 0.2) is 24.6 Å². The second kappa shape index (κ2) is 51.2. The second-order valence-electron chi connectivity index (χ2n) is 20.6. The third-order valence-corrected chi connectivity index (χ3v) is 13.6. The Morgan fingerprint density at radius 2 is 0.840 bits per heavy atom. The van der Waals surface area contributed by atoms with Gasteiger partial charge in [-0.3, -0.25) is 14.4 Å². The fraction of sp³-hybridized carbons (Fsp3) is 0.778. The first-order valence-corrected chi connectivity index (χ1v) is 30.3. The molecule has 0 spiro atoms. The number of carbonyl (C=O) groups is 4. The summed E-state index contributed by atoms with van der Waals surface area (Å²) in [6, 6.07) is 0. The van der Waals surface area contributed by atoms with Gasteiger partial charge in [-0.25, -0.2) is 4.79 Å². The van der Waals surface area contributed by atoms with Crippen molar-refractivity contribution in [1.29, 1.82) is 0 Å². The topological polar surface area (TPSA) is 175 Å². The van der Waals surface area contributed by atoms with E-state index in [1.807, 2.05) is 0 Å². The number of hydrogen-bond acceptors (Lipinski definition) is 11. The van der Waals surface area contributed by atoms with Crippen LogP contribution in [0.1, 0.15) is 265 Å². The number of aliphatic hydroxyl groups is 2. The summed E-state index contributed by atoms with van der Waals surface area (Å²) in [4.78, 5) is 51.1. The average molecular weight is 1060 g/mol. The van der Waals surface area contributed by atoms with Crippen molar-refractivity contribution < 1.29 is 58.2 Å². The molecule has 6 unspecified atom stereocenters. The van der Waals surface area contributed by atoms with Gasteiger partial charge >= 0.3 is 23.9 Å². The minimum absolute atomic E-state index is 0.0250. The Kier molecular flexibility index (Phi) is 47.4. The van der Waals surface area contributed by atoms with Gasteiger partial charge in [-0.1, -0.05) is 223 Å². The van der Waals surface area contributed by atoms with E-state index in [0.29, 0.717) is 19.3 Å². The first-order chi connectivity index (χ1) is 36.6. The third kappa shape index (κ3) is 41.2. The lowest BCUT2D eigenvalue weighted by Crippen LogP contribution is -2.61. The van der Waals surface area contributed by atoms with Crippen LogP contribution in [0, 0.1) is 0 Å². The molecule has 12 nitrogen and oxygen atoms in total. The number of aliphatic carboxylic acids is 1. The molecule has 1 heterocycles. The van der Waals surface area contributed by atoms with E-state index in [-0.39, 0.29) is 25.9 Å². The third-order valence-electron chi connectivity index (χ3n) is 13.6. The lowest BCUT2D eigenvalue weighted by Gasteiger charge is -2.40. The van der Waals surface area contributed by atoms with Crippen molar-refractivity contribution in [2.24, 2.45) is 0 Å². The predicted octanol–water partition coefficient (Wildman–Crippen LogP) is 15.6. The maximum Gasteiger partial charge on any atom is 0.335 e. The van der Waals surface area contributed by atoms with Gasteiger partial charge in [-0.05, 0) is 83.5 Å². The number of aliphatic hydroxyl groups excluding tert-OH is 2. The molecule has 1 saturated heterocycles. The molecule has 432 valence electrons. The highest BCUT2D eigenvalue weighted by molar-refractivity contribution is 5.74. The summed E-state index contributed by atoms with van der Waals surface area (Å²) in [7, 11) is 0. The predicted molar refractivity (Wildman–Crippen MR) is 303 cm³/mol. The zero-order valence-corrected chi connectivity index (χ0v) is 47.5. The molecule has 1 aliphatic heterocycles. The van der Waals surface area contributed by atoms with Crippen molar-refractivity contribution in [3.05, 3.63) is 60.8 Å². The summed E-state index contributed by atoms with van der Waals surface area (Å²) in [6.07, 6.45) is 50.5. The monoisotopic (exact) mass is 1060 g/mol. The molecule has 75 heavy (non-hydrogen) atoms. The van der Waals surface area contributed by atoms with Crippen LogP contribution >= 0.6 is 0 Å².